The van der Waals surface area contributed by atoms with Crippen LogP contribution in [0.15, 0.2) is 0 Å². The number of carbonyl (C=O) groups excluding carboxylic acids is 1. The normalized spacial score (nSPS) is 33.0. The number of rotatable bonds is 3. The van der Waals surface area contributed by atoms with Gasteiger partial charge >= 0.3 is 0 Å². The van der Waals surface area contributed by atoms with Crippen molar-refractivity contribution in [1.82, 2.24) is 14.7 Å². The minimum Gasteiger partial charge on any atom is -0.370 e. The molecule has 1 atom stereocenters. The Hall–Kier alpha value is -0.650. The number of likely N-dealkylation sites (N-methyl/N-ethyl adjacent to an activating group) is 1. The summed E-state index contributed by atoms with van der Waals surface area (Å²) in [5.41, 5.74) is 0.109. The van der Waals surface area contributed by atoms with Gasteiger partial charge in [0.05, 0.1) is 11.7 Å². The molecule has 5 nitrogen and oxygen atoms in total. The Kier molecular flexibility index (Phi) is 3.91. The van der Waals surface area contributed by atoms with Crippen LogP contribution in [-0.4, -0.2) is 85.2 Å². The lowest BCUT2D eigenvalue weighted by atomic mass is 9.80. The first kappa shape index (κ1) is 14.9. The van der Waals surface area contributed by atoms with Crippen molar-refractivity contribution in [3.8, 4) is 0 Å². The van der Waals surface area contributed by atoms with Gasteiger partial charge in [-0.25, -0.2) is 0 Å². The molecule has 3 aliphatic heterocycles. The predicted octanol–water partition coefficient (Wildman–Crippen LogP) is 0.794. The Labute approximate surface area is 133 Å². The van der Waals surface area contributed by atoms with Crippen molar-refractivity contribution in [2.75, 3.05) is 52.9 Å². The first-order chi connectivity index (χ1) is 10.6. The summed E-state index contributed by atoms with van der Waals surface area (Å²) in [6.07, 6.45) is 5.95. The molecule has 0 bridgehead atoms. The lowest BCUT2D eigenvalue weighted by Gasteiger charge is -2.53. The lowest BCUT2D eigenvalue weighted by molar-refractivity contribution is -0.230. The zero-order chi connectivity index (χ0) is 15.2. The monoisotopic (exact) mass is 307 g/mol. The third-order valence-electron chi connectivity index (χ3n) is 5.99. The van der Waals surface area contributed by atoms with Gasteiger partial charge in [0, 0.05) is 58.2 Å². The van der Waals surface area contributed by atoms with E-state index >= 15 is 0 Å². The van der Waals surface area contributed by atoms with Crippen LogP contribution in [0.5, 0.6) is 0 Å². The molecule has 4 aliphatic rings. The summed E-state index contributed by atoms with van der Waals surface area (Å²) in [4.78, 5) is 19.1. The minimum absolute atomic E-state index is 0.109. The first-order valence-corrected chi connectivity index (χ1v) is 9.01. The van der Waals surface area contributed by atoms with Crippen molar-refractivity contribution < 1.29 is 9.53 Å². The van der Waals surface area contributed by atoms with Crippen molar-refractivity contribution in [3.63, 3.8) is 0 Å². The van der Waals surface area contributed by atoms with E-state index in [9.17, 15) is 4.79 Å². The number of hydrogen-bond donors (Lipinski definition) is 0. The van der Waals surface area contributed by atoms with Gasteiger partial charge < -0.3 is 14.5 Å². The van der Waals surface area contributed by atoms with Crippen LogP contribution in [0.2, 0.25) is 0 Å². The highest BCUT2D eigenvalue weighted by atomic mass is 16.5. The Morgan fingerprint density at radius 2 is 1.73 bits per heavy atom. The maximum Gasteiger partial charge on any atom is 0.225 e. The van der Waals surface area contributed by atoms with Gasteiger partial charge in [-0.3, -0.25) is 9.69 Å². The third-order valence-corrected chi connectivity index (χ3v) is 5.99. The van der Waals surface area contributed by atoms with Crippen LogP contribution in [0.25, 0.3) is 0 Å². The molecule has 4 fully saturated rings. The summed E-state index contributed by atoms with van der Waals surface area (Å²) >= 11 is 0. The van der Waals surface area contributed by atoms with Crippen LogP contribution < -0.4 is 0 Å². The molecule has 0 unspecified atom stereocenters. The van der Waals surface area contributed by atoms with Crippen LogP contribution >= 0.6 is 0 Å². The fraction of sp³-hybridized carbons (Fsp3) is 0.941. The van der Waals surface area contributed by atoms with E-state index in [0.717, 1.165) is 45.3 Å². The zero-order valence-corrected chi connectivity index (χ0v) is 13.8. The predicted molar refractivity (Wildman–Crippen MR) is 84.7 cm³/mol. The summed E-state index contributed by atoms with van der Waals surface area (Å²) in [6, 6.07) is 0. The second kappa shape index (κ2) is 5.77. The molecule has 5 heteroatoms. The van der Waals surface area contributed by atoms with Crippen LogP contribution in [0, 0.1) is 5.92 Å². The number of piperidine rings is 1. The molecule has 1 aliphatic carbocycles. The molecule has 0 aromatic heterocycles. The summed E-state index contributed by atoms with van der Waals surface area (Å²) in [5, 5.41) is 0. The minimum atomic E-state index is 0.109. The molecule has 0 aromatic rings. The fourth-order valence-corrected chi connectivity index (χ4v) is 4.22. The van der Waals surface area contributed by atoms with Crippen molar-refractivity contribution in [1.29, 1.82) is 0 Å². The quantitative estimate of drug-likeness (QED) is 0.772. The largest absolute Gasteiger partial charge is 0.370 e. The van der Waals surface area contributed by atoms with E-state index in [4.69, 9.17) is 4.74 Å². The van der Waals surface area contributed by atoms with E-state index in [2.05, 4.69) is 21.7 Å². The summed E-state index contributed by atoms with van der Waals surface area (Å²) in [5.74, 6) is 0.768. The number of amides is 1. The van der Waals surface area contributed by atoms with E-state index in [0.29, 0.717) is 17.9 Å². The van der Waals surface area contributed by atoms with E-state index < -0.39 is 0 Å². The maximum absolute atomic E-state index is 12.1. The van der Waals surface area contributed by atoms with Crippen LogP contribution in [-0.2, 0) is 9.53 Å². The second-order valence-corrected chi connectivity index (χ2v) is 7.83. The summed E-state index contributed by atoms with van der Waals surface area (Å²) < 4.78 is 6.31. The second-order valence-electron chi connectivity index (χ2n) is 7.83. The summed E-state index contributed by atoms with van der Waals surface area (Å²) in [7, 11) is 2.20. The highest BCUT2D eigenvalue weighted by Crippen LogP contribution is 2.42. The fourth-order valence-electron chi connectivity index (χ4n) is 4.22. The van der Waals surface area contributed by atoms with Crippen molar-refractivity contribution >= 4 is 5.91 Å². The van der Waals surface area contributed by atoms with Crippen LogP contribution in [0.4, 0.5) is 0 Å². The molecule has 1 spiro atoms. The number of ether oxygens (including phenoxy) is 1. The Morgan fingerprint density at radius 1 is 1.09 bits per heavy atom. The van der Waals surface area contributed by atoms with Crippen molar-refractivity contribution in [2.45, 2.75) is 43.8 Å². The number of carbonyl (C=O) groups is 1. The van der Waals surface area contributed by atoms with Gasteiger partial charge in [-0.1, -0.05) is 0 Å². The molecule has 22 heavy (non-hydrogen) atoms. The smallest absolute Gasteiger partial charge is 0.225 e. The summed E-state index contributed by atoms with van der Waals surface area (Å²) in [6.45, 7) is 7.62. The van der Waals surface area contributed by atoms with Crippen molar-refractivity contribution in [3.05, 3.63) is 0 Å². The number of hydrogen-bond acceptors (Lipinski definition) is 4. The molecular formula is C17H29N3O2. The molecular weight excluding hydrogens is 278 g/mol. The molecule has 1 amide bonds. The topological polar surface area (TPSA) is 36.0 Å². The van der Waals surface area contributed by atoms with Crippen molar-refractivity contribution in [2.24, 2.45) is 5.92 Å². The average Bonchev–Trinajstić information content (AvgIpc) is 3.33. The molecule has 0 aromatic carbocycles. The molecule has 1 saturated carbocycles. The van der Waals surface area contributed by atoms with Gasteiger partial charge in [0.1, 0.15) is 0 Å². The highest BCUT2D eigenvalue weighted by Gasteiger charge is 2.48. The SMILES string of the molecule is CN1CCN(C[C@H]2CC3(CCN(C(=O)C4CC4)CC3)O2)CC1. The third kappa shape index (κ3) is 3.03. The zero-order valence-electron chi connectivity index (χ0n) is 13.8. The van der Waals surface area contributed by atoms with Gasteiger partial charge in [-0.2, -0.15) is 0 Å². The van der Waals surface area contributed by atoms with E-state index in [1.165, 1.54) is 32.6 Å². The van der Waals surface area contributed by atoms with E-state index in [1.807, 2.05) is 0 Å². The molecule has 3 saturated heterocycles. The van der Waals surface area contributed by atoms with Crippen LogP contribution in [0.3, 0.4) is 0 Å². The number of likely N-dealkylation sites (tertiary alicyclic amines) is 1. The average molecular weight is 307 g/mol. The molecule has 3 heterocycles. The Balaban J connectivity index is 1.19. The van der Waals surface area contributed by atoms with Gasteiger partial charge in [0.2, 0.25) is 5.91 Å². The molecule has 124 valence electrons. The Morgan fingerprint density at radius 3 is 2.32 bits per heavy atom. The van der Waals surface area contributed by atoms with Gasteiger partial charge in [0.25, 0.3) is 0 Å². The van der Waals surface area contributed by atoms with Gasteiger partial charge in [-0.05, 0) is 32.7 Å². The molecule has 4 rings (SSSR count). The van der Waals surface area contributed by atoms with Gasteiger partial charge in [0.15, 0.2) is 0 Å². The number of nitrogens with zero attached hydrogens (tertiary/aromatic N) is 3. The van der Waals surface area contributed by atoms with Crippen LogP contribution in [0.1, 0.15) is 32.1 Å². The Bertz CT molecular complexity index is 414. The molecule has 0 radical (unpaired) electrons. The highest BCUT2D eigenvalue weighted by molar-refractivity contribution is 5.81. The number of piperazine rings is 1. The lowest BCUT2D eigenvalue weighted by Crippen LogP contribution is -2.60. The van der Waals surface area contributed by atoms with E-state index in [1.54, 1.807) is 0 Å². The molecule has 0 N–H and O–H groups in total. The maximum atomic E-state index is 12.1. The van der Waals surface area contributed by atoms with E-state index in [-0.39, 0.29) is 5.60 Å². The standard InChI is InChI=1S/C17H29N3O2/c1-18-8-10-19(11-9-18)13-15-12-17(22-15)4-6-20(7-5-17)16(21)14-2-3-14/h14-15H,2-13H2,1H3/t15-/m1/s1. The first-order valence-electron chi connectivity index (χ1n) is 9.01. The van der Waals surface area contributed by atoms with Gasteiger partial charge in [-0.15, -0.1) is 0 Å².